The van der Waals surface area contributed by atoms with Crippen LogP contribution in [0.5, 0.6) is 0 Å². The Morgan fingerprint density at radius 2 is 1.60 bits per heavy atom. The third kappa shape index (κ3) is 3.15. The van der Waals surface area contributed by atoms with Gasteiger partial charge in [0.1, 0.15) is 0 Å². The van der Waals surface area contributed by atoms with Gasteiger partial charge in [0.05, 0.1) is 0 Å². The number of amides is 1. The van der Waals surface area contributed by atoms with Crippen LogP contribution in [0.2, 0.25) is 0 Å². The van der Waals surface area contributed by atoms with Crippen LogP contribution in [0.25, 0.3) is 5.57 Å². The van der Waals surface area contributed by atoms with E-state index in [-0.39, 0.29) is 5.91 Å². The fraction of sp³-hybridized carbons (Fsp3) is 0.167. The largest absolute Gasteiger partial charge is 0.322 e. The van der Waals surface area contributed by atoms with Gasteiger partial charge in [0.15, 0.2) is 0 Å². The first-order chi connectivity index (χ1) is 9.59. The molecular weight excluding hydrogens is 246 g/mol. The topological polar surface area (TPSA) is 29.1 Å². The van der Waals surface area contributed by atoms with Crippen molar-refractivity contribution in [3.05, 3.63) is 72.3 Å². The van der Waals surface area contributed by atoms with E-state index in [1.54, 1.807) is 0 Å². The fourth-order valence-corrected chi connectivity index (χ4v) is 2.08. The van der Waals surface area contributed by atoms with Gasteiger partial charge in [-0.25, -0.2) is 0 Å². The van der Waals surface area contributed by atoms with E-state index in [0.29, 0.717) is 11.5 Å². The second kappa shape index (κ2) is 6.20. The zero-order valence-corrected chi connectivity index (χ0v) is 11.9. The molecule has 0 unspecified atom stereocenters. The van der Waals surface area contributed by atoms with Crippen molar-refractivity contribution in [3.8, 4) is 0 Å². The maximum atomic E-state index is 12.3. The van der Waals surface area contributed by atoms with E-state index in [0.717, 1.165) is 16.8 Å². The Bertz CT molecular complexity index is 614. The lowest BCUT2D eigenvalue weighted by atomic mass is 10.0. The lowest BCUT2D eigenvalue weighted by Gasteiger charge is -2.14. The summed E-state index contributed by atoms with van der Waals surface area (Å²) in [5.41, 5.74) is 3.29. The highest BCUT2D eigenvalue weighted by molar-refractivity contribution is 6.24. The lowest BCUT2D eigenvalue weighted by molar-refractivity contribution is -0.111. The van der Waals surface area contributed by atoms with Crippen LogP contribution in [0, 0.1) is 0 Å². The summed E-state index contributed by atoms with van der Waals surface area (Å²) in [7, 11) is 0. The molecule has 2 aromatic rings. The molecule has 0 aromatic heterocycles. The number of nitrogens with one attached hydrogen (secondary N) is 1. The number of hydrogen-bond donors (Lipinski definition) is 1. The molecule has 2 heteroatoms. The van der Waals surface area contributed by atoms with Gasteiger partial charge in [-0.1, -0.05) is 69.0 Å². The van der Waals surface area contributed by atoms with Gasteiger partial charge in [-0.05, 0) is 23.1 Å². The minimum Gasteiger partial charge on any atom is -0.322 e. The number of carbonyl (C=O) groups excluding carboxylic acids is 1. The van der Waals surface area contributed by atoms with Crippen LogP contribution in [-0.2, 0) is 4.79 Å². The smallest absolute Gasteiger partial charge is 0.255 e. The van der Waals surface area contributed by atoms with Gasteiger partial charge < -0.3 is 5.32 Å². The molecule has 2 nitrogen and oxygen atoms in total. The molecule has 1 N–H and O–H groups in total. The molecule has 2 rings (SSSR count). The molecule has 0 spiro atoms. The summed E-state index contributed by atoms with van der Waals surface area (Å²) in [5, 5.41) is 2.95. The molecule has 0 saturated heterocycles. The lowest BCUT2D eigenvalue weighted by Crippen LogP contribution is -2.14. The molecular formula is C18H19NO. The maximum Gasteiger partial charge on any atom is 0.255 e. The van der Waals surface area contributed by atoms with Crippen molar-refractivity contribution < 1.29 is 4.79 Å². The van der Waals surface area contributed by atoms with E-state index < -0.39 is 0 Å². The average Bonchev–Trinajstić information content (AvgIpc) is 2.47. The Balaban J connectivity index is 2.19. The molecule has 1 amide bonds. The Labute approximate surface area is 120 Å². The van der Waals surface area contributed by atoms with Crippen molar-refractivity contribution in [1.29, 1.82) is 0 Å². The predicted octanol–water partition coefficient (Wildman–Crippen LogP) is 4.46. The number of carbonyl (C=O) groups is 1. The Hall–Kier alpha value is -2.35. The van der Waals surface area contributed by atoms with Crippen molar-refractivity contribution in [1.82, 2.24) is 0 Å². The van der Waals surface area contributed by atoms with E-state index in [9.17, 15) is 4.79 Å². The Kier molecular flexibility index (Phi) is 4.36. The summed E-state index contributed by atoms with van der Waals surface area (Å²) in [6.07, 6.45) is 0. The molecule has 0 atom stereocenters. The Morgan fingerprint density at radius 3 is 2.25 bits per heavy atom. The van der Waals surface area contributed by atoms with Gasteiger partial charge in [-0.2, -0.15) is 0 Å². The first kappa shape index (κ1) is 14.1. The van der Waals surface area contributed by atoms with Crippen molar-refractivity contribution in [2.24, 2.45) is 0 Å². The fourth-order valence-electron chi connectivity index (χ4n) is 2.08. The zero-order chi connectivity index (χ0) is 14.5. The predicted molar refractivity (Wildman–Crippen MR) is 84.6 cm³/mol. The van der Waals surface area contributed by atoms with Gasteiger partial charge in [0, 0.05) is 11.3 Å². The van der Waals surface area contributed by atoms with Gasteiger partial charge in [-0.3, -0.25) is 4.79 Å². The van der Waals surface area contributed by atoms with E-state index >= 15 is 0 Å². The van der Waals surface area contributed by atoms with Crippen molar-refractivity contribution in [2.45, 2.75) is 19.8 Å². The molecule has 0 aliphatic heterocycles. The summed E-state index contributed by atoms with van der Waals surface area (Å²) in [6, 6.07) is 17.3. The number of benzene rings is 2. The highest BCUT2D eigenvalue weighted by Crippen LogP contribution is 2.25. The van der Waals surface area contributed by atoms with Crippen molar-refractivity contribution in [2.75, 3.05) is 5.32 Å². The normalized spacial score (nSPS) is 10.3. The molecule has 102 valence electrons. The SMILES string of the molecule is C=C(C(=O)Nc1ccccc1C(C)C)c1ccccc1. The first-order valence-corrected chi connectivity index (χ1v) is 6.74. The molecule has 0 heterocycles. The van der Waals surface area contributed by atoms with Crippen LogP contribution >= 0.6 is 0 Å². The average molecular weight is 265 g/mol. The second-order valence-electron chi connectivity index (χ2n) is 5.04. The maximum absolute atomic E-state index is 12.3. The summed E-state index contributed by atoms with van der Waals surface area (Å²) >= 11 is 0. The minimum absolute atomic E-state index is 0.163. The molecule has 0 saturated carbocycles. The number of hydrogen-bond acceptors (Lipinski definition) is 1. The van der Waals surface area contributed by atoms with E-state index in [1.807, 2.05) is 54.6 Å². The highest BCUT2D eigenvalue weighted by atomic mass is 16.1. The molecule has 0 radical (unpaired) electrons. The first-order valence-electron chi connectivity index (χ1n) is 6.74. The molecule has 0 aliphatic rings. The quantitative estimate of drug-likeness (QED) is 0.812. The zero-order valence-electron chi connectivity index (χ0n) is 11.9. The van der Waals surface area contributed by atoms with Crippen molar-refractivity contribution in [3.63, 3.8) is 0 Å². The molecule has 2 aromatic carbocycles. The molecule has 20 heavy (non-hydrogen) atoms. The monoisotopic (exact) mass is 265 g/mol. The van der Waals surface area contributed by atoms with Gasteiger partial charge >= 0.3 is 0 Å². The van der Waals surface area contributed by atoms with Crippen LogP contribution < -0.4 is 5.32 Å². The summed E-state index contributed by atoms with van der Waals surface area (Å²) < 4.78 is 0. The Morgan fingerprint density at radius 1 is 1.00 bits per heavy atom. The van der Waals surface area contributed by atoms with Crippen LogP contribution in [0.3, 0.4) is 0 Å². The molecule has 0 bridgehead atoms. The van der Waals surface area contributed by atoms with Crippen LogP contribution in [0.4, 0.5) is 5.69 Å². The van der Waals surface area contributed by atoms with Gasteiger partial charge in [-0.15, -0.1) is 0 Å². The second-order valence-corrected chi connectivity index (χ2v) is 5.04. The summed E-state index contributed by atoms with van der Waals surface area (Å²) in [6.45, 7) is 8.10. The van der Waals surface area contributed by atoms with Gasteiger partial charge in [0.2, 0.25) is 0 Å². The summed E-state index contributed by atoms with van der Waals surface area (Å²) in [5.74, 6) is 0.195. The third-order valence-corrected chi connectivity index (χ3v) is 3.23. The van der Waals surface area contributed by atoms with Crippen LogP contribution in [0.15, 0.2) is 61.2 Å². The minimum atomic E-state index is -0.163. The number of anilines is 1. The molecule has 0 aliphatic carbocycles. The standard InChI is InChI=1S/C18H19NO/c1-13(2)16-11-7-8-12-17(16)19-18(20)14(3)15-9-5-4-6-10-15/h4-13H,3H2,1-2H3,(H,19,20). The van der Waals surface area contributed by atoms with Crippen LogP contribution in [-0.4, -0.2) is 5.91 Å². The number of rotatable bonds is 4. The summed E-state index contributed by atoms with van der Waals surface area (Å²) in [4.78, 5) is 12.3. The highest BCUT2D eigenvalue weighted by Gasteiger charge is 2.12. The van der Waals surface area contributed by atoms with E-state index in [4.69, 9.17) is 0 Å². The van der Waals surface area contributed by atoms with E-state index in [1.165, 1.54) is 0 Å². The third-order valence-electron chi connectivity index (χ3n) is 3.23. The molecule has 0 fully saturated rings. The van der Waals surface area contributed by atoms with Crippen LogP contribution in [0.1, 0.15) is 30.9 Å². The van der Waals surface area contributed by atoms with Crippen molar-refractivity contribution >= 4 is 17.2 Å². The van der Waals surface area contributed by atoms with Gasteiger partial charge in [0.25, 0.3) is 5.91 Å². The van der Waals surface area contributed by atoms with E-state index in [2.05, 4.69) is 25.7 Å². The number of para-hydroxylation sites is 1.